The predicted molar refractivity (Wildman–Crippen MR) is 129 cm³/mol. The maximum atomic E-state index is 12.3. The van der Waals surface area contributed by atoms with Crippen LogP contribution in [0.2, 0.25) is 0 Å². The Morgan fingerprint density at radius 3 is 2.67 bits per heavy atom. The van der Waals surface area contributed by atoms with E-state index in [2.05, 4.69) is 48.8 Å². The molecule has 0 radical (unpaired) electrons. The van der Waals surface area contributed by atoms with E-state index < -0.39 is 10.0 Å². The molecule has 0 fully saturated rings. The van der Waals surface area contributed by atoms with Gasteiger partial charge in [0.2, 0.25) is 10.0 Å². The summed E-state index contributed by atoms with van der Waals surface area (Å²) in [7, 11) is -0.508. The molecule has 0 heterocycles. The predicted octanol–water partition coefficient (Wildman–Crippen LogP) is 4.54. The highest BCUT2D eigenvalue weighted by atomic mass is 32.2. The lowest BCUT2D eigenvalue weighted by atomic mass is 9.68. The summed E-state index contributed by atoms with van der Waals surface area (Å²) in [6, 6.07) is 6.51. The number of hydrogen-bond acceptors (Lipinski definition) is 4. The smallest absolute Gasteiger partial charge is 0.242 e. The summed E-state index contributed by atoms with van der Waals surface area (Å²) in [5.74, 6) is 0.392. The first-order chi connectivity index (χ1) is 13.9. The van der Waals surface area contributed by atoms with E-state index in [4.69, 9.17) is 12.2 Å². The first-order valence-electron chi connectivity index (χ1n) is 9.92. The average molecular weight is 449 g/mol. The molecule has 1 aliphatic carbocycles. The number of nitrogens with zero attached hydrogens (tertiary/aromatic N) is 2. The van der Waals surface area contributed by atoms with Crippen molar-refractivity contribution in [2.45, 2.75) is 45.4 Å². The molecule has 0 bridgehead atoms. The molecular weight excluding hydrogens is 416 g/mol. The van der Waals surface area contributed by atoms with Gasteiger partial charge in [-0.1, -0.05) is 37.6 Å². The van der Waals surface area contributed by atoms with Crippen molar-refractivity contribution in [2.24, 2.45) is 16.4 Å². The maximum absolute atomic E-state index is 12.3. The molecule has 164 valence electrons. The molecule has 0 saturated heterocycles. The summed E-state index contributed by atoms with van der Waals surface area (Å²) in [5, 5.41) is 7.57. The minimum Gasteiger partial charge on any atom is -0.331 e. The second kappa shape index (κ2) is 9.85. The van der Waals surface area contributed by atoms with Crippen LogP contribution in [0.3, 0.4) is 0 Å². The van der Waals surface area contributed by atoms with E-state index in [1.54, 1.807) is 24.3 Å². The van der Waals surface area contributed by atoms with Crippen molar-refractivity contribution in [3.8, 4) is 0 Å². The molecule has 30 heavy (non-hydrogen) atoms. The lowest BCUT2D eigenvalue weighted by Crippen LogP contribution is -2.27. The molecule has 1 aliphatic rings. The third-order valence-electron chi connectivity index (χ3n) is 5.32. The van der Waals surface area contributed by atoms with Crippen molar-refractivity contribution in [3.63, 3.8) is 0 Å². The summed E-state index contributed by atoms with van der Waals surface area (Å²) >= 11 is 5.28. The quantitative estimate of drug-likeness (QED) is 0.289. The van der Waals surface area contributed by atoms with Crippen molar-refractivity contribution in [2.75, 3.05) is 19.4 Å². The number of anilines is 1. The summed E-state index contributed by atoms with van der Waals surface area (Å²) in [6.45, 7) is 8.69. The number of hydrogen-bond donors (Lipinski definition) is 2. The summed E-state index contributed by atoms with van der Waals surface area (Å²) in [6.07, 6.45) is 8.83. The Morgan fingerprint density at radius 1 is 1.33 bits per heavy atom. The van der Waals surface area contributed by atoms with Gasteiger partial charge in [0, 0.05) is 25.7 Å². The van der Waals surface area contributed by atoms with Gasteiger partial charge in [-0.3, -0.25) is 5.43 Å². The van der Waals surface area contributed by atoms with E-state index >= 15 is 0 Å². The Morgan fingerprint density at radius 2 is 2.03 bits per heavy atom. The Balaban J connectivity index is 2.01. The fourth-order valence-corrected chi connectivity index (χ4v) is 4.61. The average Bonchev–Trinajstić information content (AvgIpc) is 2.65. The highest BCUT2D eigenvalue weighted by molar-refractivity contribution is 7.89. The second-order valence-corrected chi connectivity index (χ2v) is 11.0. The minimum absolute atomic E-state index is 0.196. The highest BCUT2D eigenvalue weighted by Crippen LogP contribution is 2.41. The fourth-order valence-electron chi connectivity index (χ4n) is 3.50. The molecule has 0 saturated carbocycles. The molecular formula is C22H32N4O2S2. The van der Waals surface area contributed by atoms with E-state index in [0.29, 0.717) is 11.6 Å². The number of benzene rings is 1. The maximum Gasteiger partial charge on any atom is 0.242 e. The lowest BCUT2D eigenvalue weighted by molar-refractivity contribution is 0.255. The van der Waals surface area contributed by atoms with Gasteiger partial charge >= 0.3 is 0 Å². The van der Waals surface area contributed by atoms with Crippen molar-refractivity contribution < 1.29 is 8.42 Å². The standard InChI is InChI=1S/C22H32N4O2S2/c1-16-9-8-14-22(3,4)20(16)13-12-17(2)24-25-21(29)23-18-10-7-11-19(15-18)30(27,28)26(5)6/h7,9-13,15,20H,8,14H2,1-6H3,(H2,23,25,29)/b13-12+,24-17+. The monoisotopic (exact) mass is 448 g/mol. The molecule has 0 amide bonds. The van der Waals surface area contributed by atoms with Gasteiger partial charge in [0.1, 0.15) is 0 Å². The normalized spacial score (nSPS) is 19.6. The number of allylic oxidation sites excluding steroid dienone is 4. The molecule has 0 aromatic heterocycles. The van der Waals surface area contributed by atoms with Crippen LogP contribution in [0.25, 0.3) is 0 Å². The van der Waals surface area contributed by atoms with Gasteiger partial charge in [-0.25, -0.2) is 12.7 Å². The molecule has 1 atom stereocenters. The molecule has 8 heteroatoms. The first-order valence-corrected chi connectivity index (χ1v) is 11.8. The zero-order valence-electron chi connectivity index (χ0n) is 18.6. The van der Waals surface area contributed by atoms with Gasteiger partial charge in [-0.15, -0.1) is 0 Å². The van der Waals surface area contributed by atoms with Crippen molar-refractivity contribution in [1.82, 2.24) is 9.73 Å². The van der Waals surface area contributed by atoms with Crippen molar-refractivity contribution >= 4 is 38.8 Å². The number of nitrogens with one attached hydrogen (secondary N) is 2. The molecule has 1 aromatic rings. The summed E-state index contributed by atoms with van der Waals surface area (Å²) in [4.78, 5) is 0.196. The third-order valence-corrected chi connectivity index (χ3v) is 7.33. The Kier molecular flexibility index (Phi) is 7.96. The highest BCUT2D eigenvalue weighted by Gasteiger charge is 2.30. The van der Waals surface area contributed by atoms with Crippen LogP contribution in [0.15, 0.2) is 58.1 Å². The number of hydrazone groups is 1. The number of rotatable bonds is 6. The molecule has 0 aliphatic heterocycles. The van der Waals surface area contributed by atoms with Crippen LogP contribution in [-0.2, 0) is 10.0 Å². The second-order valence-electron chi connectivity index (χ2n) is 8.45. The van der Waals surface area contributed by atoms with Crippen LogP contribution in [-0.4, -0.2) is 37.6 Å². The van der Waals surface area contributed by atoms with E-state index in [-0.39, 0.29) is 15.4 Å². The van der Waals surface area contributed by atoms with Crippen LogP contribution < -0.4 is 10.7 Å². The number of sulfonamides is 1. The SMILES string of the molecule is CC1=CCCC(C)(C)C1/C=C/C(C)=N/NC(=S)Nc1cccc(S(=O)(=O)N(C)C)c1. The van der Waals surface area contributed by atoms with Gasteiger partial charge in [0.05, 0.1) is 10.6 Å². The van der Waals surface area contributed by atoms with Crippen molar-refractivity contribution in [1.29, 1.82) is 0 Å². The third kappa shape index (κ3) is 6.23. The molecule has 2 rings (SSSR count). The molecule has 1 unspecified atom stereocenters. The largest absolute Gasteiger partial charge is 0.331 e. The Hall–Kier alpha value is -2.03. The van der Waals surface area contributed by atoms with Crippen LogP contribution in [0.1, 0.15) is 40.5 Å². The topological polar surface area (TPSA) is 73.8 Å². The summed E-state index contributed by atoms with van der Waals surface area (Å²) < 4.78 is 25.7. The molecule has 2 N–H and O–H groups in total. The van der Waals surface area contributed by atoms with E-state index in [1.807, 2.05) is 13.0 Å². The van der Waals surface area contributed by atoms with Crippen LogP contribution >= 0.6 is 12.2 Å². The fraction of sp³-hybridized carbons (Fsp3) is 0.455. The van der Waals surface area contributed by atoms with E-state index in [0.717, 1.165) is 12.1 Å². The Bertz CT molecular complexity index is 977. The van der Waals surface area contributed by atoms with Gasteiger partial charge in [-0.2, -0.15) is 5.10 Å². The van der Waals surface area contributed by atoms with E-state index in [9.17, 15) is 8.42 Å². The van der Waals surface area contributed by atoms with Crippen LogP contribution in [0.5, 0.6) is 0 Å². The first kappa shape index (κ1) is 24.2. The molecule has 1 aromatic carbocycles. The lowest BCUT2D eigenvalue weighted by Gasteiger charge is -2.36. The summed E-state index contributed by atoms with van der Waals surface area (Å²) in [5.41, 5.74) is 5.82. The van der Waals surface area contributed by atoms with Gasteiger partial charge in [-0.05, 0) is 68.6 Å². The van der Waals surface area contributed by atoms with E-state index in [1.165, 1.54) is 30.4 Å². The minimum atomic E-state index is -3.50. The zero-order valence-corrected chi connectivity index (χ0v) is 20.2. The van der Waals surface area contributed by atoms with Gasteiger partial charge < -0.3 is 5.32 Å². The zero-order chi connectivity index (χ0) is 22.5. The van der Waals surface area contributed by atoms with Gasteiger partial charge in [0.25, 0.3) is 0 Å². The molecule has 6 nitrogen and oxygen atoms in total. The molecule has 0 spiro atoms. The number of thiocarbonyl (C=S) groups is 1. The van der Waals surface area contributed by atoms with Crippen LogP contribution in [0.4, 0.5) is 5.69 Å². The van der Waals surface area contributed by atoms with Crippen LogP contribution in [0, 0.1) is 11.3 Å². The van der Waals surface area contributed by atoms with Gasteiger partial charge in [0.15, 0.2) is 5.11 Å². The Labute approximate surface area is 186 Å². The van der Waals surface area contributed by atoms with Crippen molar-refractivity contribution in [3.05, 3.63) is 48.1 Å².